The van der Waals surface area contributed by atoms with Crippen molar-refractivity contribution in [1.29, 1.82) is 0 Å². The van der Waals surface area contributed by atoms with Gasteiger partial charge in [0.1, 0.15) is 5.75 Å². The minimum atomic E-state index is 0.707. The van der Waals surface area contributed by atoms with Gasteiger partial charge in [0.15, 0.2) is 0 Å². The van der Waals surface area contributed by atoms with Crippen LogP contribution in [0, 0.1) is 11.8 Å². The van der Waals surface area contributed by atoms with E-state index in [-0.39, 0.29) is 0 Å². The van der Waals surface area contributed by atoms with Crippen LogP contribution in [0.1, 0.15) is 59.8 Å². The first-order chi connectivity index (χ1) is 13.1. The molecule has 1 aliphatic rings. The normalized spacial score (nSPS) is 21.7. The van der Waals surface area contributed by atoms with Gasteiger partial charge in [0.2, 0.25) is 0 Å². The van der Waals surface area contributed by atoms with E-state index < -0.39 is 0 Å². The molecule has 0 spiro atoms. The number of benzene rings is 1. The maximum atomic E-state index is 5.83. The number of ether oxygens (including phenoxy) is 1. The first-order valence-electron chi connectivity index (χ1n) is 10.9. The third kappa shape index (κ3) is 8.38. The standard InChI is InChI=1S/C22H36N2O.C2H6/c1-5-19-16-21(23-4)13-12-20(19)17-24(18(2)3)14-9-15-25-22-10-7-6-8-11-22;1-2/h6-8,10-11,19-21,23H,2,5,9,12-17H2,1,3-4H3;1-2H3. The summed E-state index contributed by atoms with van der Waals surface area (Å²) < 4.78 is 5.83. The molecule has 1 aromatic rings. The van der Waals surface area contributed by atoms with E-state index in [2.05, 4.69) is 37.7 Å². The molecular formula is C24H42N2O. The van der Waals surface area contributed by atoms with Gasteiger partial charge in [-0.2, -0.15) is 0 Å². The Kier molecular flexibility index (Phi) is 11.9. The lowest BCUT2D eigenvalue weighted by Crippen LogP contribution is -2.40. The predicted molar refractivity (Wildman–Crippen MR) is 118 cm³/mol. The highest BCUT2D eigenvalue weighted by molar-refractivity contribution is 5.20. The van der Waals surface area contributed by atoms with Crippen molar-refractivity contribution in [2.24, 2.45) is 11.8 Å². The van der Waals surface area contributed by atoms with Gasteiger partial charge in [-0.3, -0.25) is 0 Å². The molecule has 3 unspecified atom stereocenters. The number of rotatable bonds is 10. The Morgan fingerprint density at radius 2 is 1.89 bits per heavy atom. The second-order valence-corrected chi connectivity index (χ2v) is 7.42. The van der Waals surface area contributed by atoms with Crippen LogP contribution in [0.15, 0.2) is 42.6 Å². The van der Waals surface area contributed by atoms with Crippen molar-refractivity contribution < 1.29 is 4.74 Å². The molecule has 0 aromatic heterocycles. The summed E-state index contributed by atoms with van der Waals surface area (Å²) >= 11 is 0. The highest BCUT2D eigenvalue weighted by atomic mass is 16.5. The Balaban J connectivity index is 0.00000176. The van der Waals surface area contributed by atoms with Crippen LogP contribution in [0.3, 0.4) is 0 Å². The van der Waals surface area contributed by atoms with E-state index in [1.54, 1.807) is 0 Å². The summed E-state index contributed by atoms with van der Waals surface area (Å²) in [5.41, 5.74) is 1.19. The minimum Gasteiger partial charge on any atom is -0.494 e. The molecule has 0 bridgehead atoms. The van der Waals surface area contributed by atoms with Gasteiger partial charge in [0, 0.05) is 24.8 Å². The number of para-hydroxylation sites is 1. The minimum absolute atomic E-state index is 0.707. The van der Waals surface area contributed by atoms with E-state index in [1.165, 1.54) is 31.4 Å². The van der Waals surface area contributed by atoms with Gasteiger partial charge in [0.25, 0.3) is 0 Å². The number of nitrogens with one attached hydrogen (secondary N) is 1. The van der Waals surface area contributed by atoms with Crippen LogP contribution in [-0.2, 0) is 0 Å². The average molecular weight is 375 g/mol. The molecule has 27 heavy (non-hydrogen) atoms. The van der Waals surface area contributed by atoms with Gasteiger partial charge < -0.3 is 15.0 Å². The van der Waals surface area contributed by atoms with Crippen LogP contribution in [0.25, 0.3) is 0 Å². The summed E-state index contributed by atoms with van der Waals surface area (Å²) in [4.78, 5) is 2.47. The summed E-state index contributed by atoms with van der Waals surface area (Å²) in [5, 5.41) is 3.47. The van der Waals surface area contributed by atoms with Crippen molar-refractivity contribution in [3.63, 3.8) is 0 Å². The van der Waals surface area contributed by atoms with E-state index in [1.807, 2.05) is 44.2 Å². The molecule has 154 valence electrons. The molecule has 0 saturated heterocycles. The summed E-state index contributed by atoms with van der Waals surface area (Å²) in [7, 11) is 2.10. The molecule has 3 heteroatoms. The summed E-state index contributed by atoms with van der Waals surface area (Å²) in [6.45, 7) is 15.6. The van der Waals surface area contributed by atoms with Gasteiger partial charge in [0.05, 0.1) is 6.61 Å². The van der Waals surface area contributed by atoms with E-state index >= 15 is 0 Å². The van der Waals surface area contributed by atoms with Crippen molar-refractivity contribution >= 4 is 0 Å². The lowest BCUT2D eigenvalue weighted by atomic mass is 9.75. The lowest BCUT2D eigenvalue weighted by Gasteiger charge is -2.39. The molecule has 3 atom stereocenters. The number of hydrogen-bond donors (Lipinski definition) is 1. The predicted octanol–water partition coefficient (Wildman–Crippen LogP) is 5.73. The zero-order valence-corrected chi connectivity index (χ0v) is 18.3. The Morgan fingerprint density at radius 1 is 1.19 bits per heavy atom. The van der Waals surface area contributed by atoms with Crippen molar-refractivity contribution in [2.75, 3.05) is 26.7 Å². The monoisotopic (exact) mass is 374 g/mol. The van der Waals surface area contributed by atoms with Crippen LogP contribution in [0.2, 0.25) is 0 Å². The van der Waals surface area contributed by atoms with Crippen LogP contribution in [0.4, 0.5) is 0 Å². The van der Waals surface area contributed by atoms with Crippen LogP contribution in [-0.4, -0.2) is 37.7 Å². The van der Waals surface area contributed by atoms with E-state index in [4.69, 9.17) is 4.74 Å². The molecule has 0 amide bonds. The SMILES string of the molecule is C=C(C)N(CCCOc1ccccc1)CC1CCC(NC)CC1CC.CC. The van der Waals surface area contributed by atoms with Gasteiger partial charge in [-0.1, -0.05) is 52.0 Å². The molecule has 1 aliphatic carbocycles. The Hall–Kier alpha value is -1.48. The molecule has 0 aliphatic heterocycles. The Morgan fingerprint density at radius 3 is 2.48 bits per heavy atom. The molecule has 1 N–H and O–H groups in total. The molecule has 0 heterocycles. The Bertz CT molecular complexity index is 502. The summed E-state index contributed by atoms with van der Waals surface area (Å²) in [6.07, 6.45) is 6.26. The van der Waals surface area contributed by atoms with Gasteiger partial charge >= 0.3 is 0 Å². The van der Waals surface area contributed by atoms with Crippen molar-refractivity contribution in [3.8, 4) is 5.75 Å². The highest BCUT2D eigenvalue weighted by Crippen LogP contribution is 2.33. The molecule has 3 nitrogen and oxygen atoms in total. The maximum absolute atomic E-state index is 5.83. The maximum Gasteiger partial charge on any atom is 0.119 e. The first-order valence-corrected chi connectivity index (χ1v) is 10.9. The van der Waals surface area contributed by atoms with Crippen LogP contribution < -0.4 is 10.1 Å². The fourth-order valence-electron chi connectivity index (χ4n) is 4.01. The van der Waals surface area contributed by atoms with Crippen molar-refractivity contribution in [2.45, 2.75) is 65.8 Å². The third-order valence-corrected chi connectivity index (χ3v) is 5.65. The Labute approximate surface area is 168 Å². The largest absolute Gasteiger partial charge is 0.494 e. The molecule has 1 saturated carbocycles. The average Bonchev–Trinajstić information content (AvgIpc) is 2.72. The second kappa shape index (κ2) is 13.7. The lowest BCUT2D eigenvalue weighted by molar-refractivity contribution is 0.146. The number of allylic oxidation sites excluding steroid dienone is 1. The fraction of sp³-hybridized carbons (Fsp3) is 0.667. The zero-order chi connectivity index (χ0) is 20.1. The molecule has 2 rings (SSSR count). The van der Waals surface area contributed by atoms with Crippen molar-refractivity contribution in [3.05, 3.63) is 42.6 Å². The molecule has 1 fully saturated rings. The number of hydrogen-bond acceptors (Lipinski definition) is 3. The van der Waals surface area contributed by atoms with Gasteiger partial charge in [-0.15, -0.1) is 0 Å². The molecule has 0 radical (unpaired) electrons. The highest BCUT2D eigenvalue weighted by Gasteiger charge is 2.29. The molecular weight excluding hydrogens is 332 g/mol. The van der Waals surface area contributed by atoms with Crippen LogP contribution >= 0.6 is 0 Å². The smallest absolute Gasteiger partial charge is 0.119 e. The van der Waals surface area contributed by atoms with E-state index in [9.17, 15) is 0 Å². The number of nitrogens with zero attached hydrogens (tertiary/aromatic N) is 1. The second-order valence-electron chi connectivity index (χ2n) is 7.42. The quantitative estimate of drug-likeness (QED) is 0.529. The summed E-state index contributed by atoms with van der Waals surface area (Å²) in [6, 6.07) is 10.8. The summed E-state index contributed by atoms with van der Waals surface area (Å²) in [5.74, 6) is 2.58. The van der Waals surface area contributed by atoms with Crippen LogP contribution in [0.5, 0.6) is 5.75 Å². The van der Waals surface area contributed by atoms with Gasteiger partial charge in [-0.25, -0.2) is 0 Å². The molecule has 1 aromatic carbocycles. The topological polar surface area (TPSA) is 24.5 Å². The van der Waals surface area contributed by atoms with Crippen molar-refractivity contribution in [1.82, 2.24) is 10.2 Å². The third-order valence-electron chi connectivity index (χ3n) is 5.65. The first kappa shape index (κ1) is 23.6. The zero-order valence-electron chi connectivity index (χ0n) is 18.3. The fourth-order valence-corrected chi connectivity index (χ4v) is 4.01. The van der Waals surface area contributed by atoms with E-state index in [0.717, 1.165) is 43.7 Å². The van der Waals surface area contributed by atoms with Gasteiger partial charge in [-0.05, 0) is 63.6 Å². The van der Waals surface area contributed by atoms with E-state index in [0.29, 0.717) is 6.04 Å².